The summed E-state index contributed by atoms with van der Waals surface area (Å²) in [6, 6.07) is 39.8. The van der Waals surface area contributed by atoms with Crippen LogP contribution in [0.4, 0.5) is 0 Å². The van der Waals surface area contributed by atoms with Gasteiger partial charge in [0.05, 0.1) is 27.6 Å². The van der Waals surface area contributed by atoms with Crippen molar-refractivity contribution in [2.45, 2.75) is 0 Å². The fourth-order valence-electron chi connectivity index (χ4n) is 5.55. The van der Waals surface area contributed by atoms with Crippen molar-refractivity contribution in [1.29, 1.82) is 0 Å². The van der Waals surface area contributed by atoms with Crippen molar-refractivity contribution in [3.05, 3.63) is 128 Å². The number of hydrogen-bond acceptors (Lipinski definition) is 3. The van der Waals surface area contributed by atoms with Gasteiger partial charge in [-0.25, -0.2) is 9.97 Å². The third kappa shape index (κ3) is 3.02. The van der Waals surface area contributed by atoms with E-state index in [1.54, 1.807) is 0 Å². The van der Waals surface area contributed by atoms with E-state index in [1.807, 2.05) is 30.6 Å². The van der Waals surface area contributed by atoms with Gasteiger partial charge >= 0.3 is 0 Å². The molecule has 5 aromatic heterocycles. The molecule has 0 amide bonds. The molecule has 3 aromatic carbocycles. The Labute approximate surface area is 218 Å². The minimum atomic E-state index is 0.860. The number of hydrogen-bond donors (Lipinski definition) is 0. The molecule has 8 rings (SSSR count). The van der Waals surface area contributed by atoms with Gasteiger partial charge in [0, 0.05) is 23.5 Å². The first kappa shape index (κ1) is 20.9. The Morgan fingerprint density at radius 2 is 1.18 bits per heavy atom. The monoisotopic (exact) mass is 487 g/mol. The van der Waals surface area contributed by atoms with Gasteiger partial charge < -0.3 is 4.57 Å². The molecular formula is C33H21N5. The standard InChI is InChI=1S/C33H21N5/c1-3-10-22(11-4-1)23-17-19-34-30(20-23)38-26-15-8-7-14-25(26)31-28(38)21-29-33(36-31)32-27(16-9-18-35-32)37(29)24-12-5-2-6-13-24/h1-21H. The van der Waals surface area contributed by atoms with Crippen LogP contribution in [0, 0.1) is 0 Å². The number of para-hydroxylation sites is 2. The number of fused-ring (bicyclic) bond motifs is 6. The van der Waals surface area contributed by atoms with Crippen LogP contribution in [0.5, 0.6) is 0 Å². The van der Waals surface area contributed by atoms with E-state index < -0.39 is 0 Å². The molecule has 5 heteroatoms. The maximum atomic E-state index is 5.27. The van der Waals surface area contributed by atoms with Crippen LogP contribution in [0.1, 0.15) is 0 Å². The molecule has 0 fully saturated rings. The lowest BCUT2D eigenvalue weighted by Crippen LogP contribution is -1.98. The maximum Gasteiger partial charge on any atom is 0.138 e. The zero-order valence-corrected chi connectivity index (χ0v) is 20.4. The Hall–Kier alpha value is -5.29. The van der Waals surface area contributed by atoms with Gasteiger partial charge in [-0.2, -0.15) is 0 Å². The second-order valence-electron chi connectivity index (χ2n) is 9.39. The highest BCUT2D eigenvalue weighted by molar-refractivity contribution is 6.14. The Bertz CT molecular complexity index is 2120. The summed E-state index contributed by atoms with van der Waals surface area (Å²) in [5, 5.41) is 1.09. The molecular weight excluding hydrogens is 466 g/mol. The minimum Gasteiger partial charge on any atom is -0.306 e. The molecule has 0 atom stereocenters. The van der Waals surface area contributed by atoms with E-state index in [0.717, 1.165) is 66.6 Å². The second kappa shape index (κ2) is 8.11. The second-order valence-corrected chi connectivity index (χ2v) is 9.39. The summed E-state index contributed by atoms with van der Waals surface area (Å²) in [4.78, 5) is 14.9. The lowest BCUT2D eigenvalue weighted by molar-refractivity contribution is 1.08. The molecule has 0 unspecified atom stereocenters. The highest BCUT2D eigenvalue weighted by atomic mass is 15.1. The Kier molecular flexibility index (Phi) is 4.45. The van der Waals surface area contributed by atoms with Crippen LogP contribution in [0.25, 0.3) is 66.6 Å². The summed E-state index contributed by atoms with van der Waals surface area (Å²) >= 11 is 0. The average molecular weight is 488 g/mol. The highest BCUT2D eigenvalue weighted by Gasteiger charge is 2.20. The largest absolute Gasteiger partial charge is 0.306 e. The number of pyridine rings is 3. The predicted molar refractivity (Wildman–Crippen MR) is 154 cm³/mol. The first-order valence-electron chi connectivity index (χ1n) is 12.6. The summed E-state index contributed by atoms with van der Waals surface area (Å²) in [5.41, 5.74) is 10.2. The molecule has 0 N–H and O–H groups in total. The fraction of sp³-hybridized carbons (Fsp3) is 0. The molecule has 0 saturated carbocycles. The summed E-state index contributed by atoms with van der Waals surface area (Å²) in [6.07, 6.45) is 3.72. The van der Waals surface area contributed by atoms with Crippen molar-refractivity contribution in [2.24, 2.45) is 0 Å². The SMILES string of the molecule is c1ccc(-c2ccnc(-n3c4ccccc4c4nc5c6ncccc6n(-c6ccccc6)c5cc43)c2)cc1. The van der Waals surface area contributed by atoms with Crippen molar-refractivity contribution < 1.29 is 0 Å². The third-order valence-corrected chi connectivity index (χ3v) is 7.21. The first-order valence-corrected chi connectivity index (χ1v) is 12.6. The lowest BCUT2D eigenvalue weighted by atomic mass is 10.1. The van der Waals surface area contributed by atoms with E-state index in [-0.39, 0.29) is 0 Å². The van der Waals surface area contributed by atoms with E-state index in [1.165, 1.54) is 0 Å². The maximum absolute atomic E-state index is 5.27. The summed E-state index contributed by atoms with van der Waals surface area (Å²) in [7, 11) is 0. The van der Waals surface area contributed by atoms with Crippen LogP contribution in [-0.2, 0) is 0 Å². The van der Waals surface area contributed by atoms with Crippen molar-refractivity contribution in [1.82, 2.24) is 24.1 Å². The van der Waals surface area contributed by atoms with Gasteiger partial charge in [-0.1, -0.05) is 66.7 Å². The topological polar surface area (TPSA) is 48.5 Å². The molecule has 0 spiro atoms. The van der Waals surface area contributed by atoms with Gasteiger partial charge in [0.25, 0.3) is 0 Å². The van der Waals surface area contributed by atoms with E-state index in [2.05, 4.69) is 106 Å². The van der Waals surface area contributed by atoms with Gasteiger partial charge in [-0.15, -0.1) is 0 Å². The number of nitrogens with zero attached hydrogens (tertiary/aromatic N) is 5. The molecule has 0 aliphatic heterocycles. The molecule has 0 aliphatic rings. The summed E-state index contributed by atoms with van der Waals surface area (Å²) in [6.45, 7) is 0. The molecule has 38 heavy (non-hydrogen) atoms. The molecule has 0 saturated heterocycles. The molecule has 0 radical (unpaired) electrons. The van der Waals surface area contributed by atoms with Crippen molar-refractivity contribution in [3.63, 3.8) is 0 Å². The molecule has 8 aromatic rings. The summed E-state index contributed by atoms with van der Waals surface area (Å²) < 4.78 is 4.48. The van der Waals surface area contributed by atoms with Gasteiger partial charge in [0.2, 0.25) is 0 Å². The average Bonchev–Trinajstić information content (AvgIpc) is 3.49. The number of aromatic nitrogens is 5. The van der Waals surface area contributed by atoms with Crippen LogP contribution < -0.4 is 0 Å². The van der Waals surface area contributed by atoms with Crippen LogP contribution in [-0.4, -0.2) is 24.1 Å². The van der Waals surface area contributed by atoms with Crippen molar-refractivity contribution in [3.8, 4) is 22.6 Å². The Morgan fingerprint density at radius 1 is 0.447 bits per heavy atom. The first-order chi connectivity index (χ1) is 18.9. The van der Waals surface area contributed by atoms with Crippen LogP contribution in [0.15, 0.2) is 128 Å². The quantitative estimate of drug-likeness (QED) is 0.256. The van der Waals surface area contributed by atoms with Gasteiger partial charge in [-0.05, 0) is 59.7 Å². The van der Waals surface area contributed by atoms with Crippen LogP contribution in [0.3, 0.4) is 0 Å². The van der Waals surface area contributed by atoms with Crippen LogP contribution >= 0.6 is 0 Å². The molecule has 0 bridgehead atoms. The van der Waals surface area contributed by atoms with E-state index in [0.29, 0.717) is 0 Å². The van der Waals surface area contributed by atoms with E-state index in [4.69, 9.17) is 15.0 Å². The summed E-state index contributed by atoms with van der Waals surface area (Å²) in [5.74, 6) is 0.860. The Morgan fingerprint density at radius 3 is 2.05 bits per heavy atom. The molecule has 0 aliphatic carbocycles. The Balaban J connectivity index is 1.50. The third-order valence-electron chi connectivity index (χ3n) is 7.21. The minimum absolute atomic E-state index is 0.860. The van der Waals surface area contributed by atoms with Crippen LogP contribution in [0.2, 0.25) is 0 Å². The number of rotatable bonds is 3. The predicted octanol–water partition coefficient (Wildman–Crippen LogP) is 7.73. The zero-order valence-electron chi connectivity index (χ0n) is 20.4. The van der Waals surface area contributed by atoms with Crippen molar-refractivity contribution in [2.75, 3.05) is 0 Å². The molecule has 178 valence electrons. The number of benzene rings is 3. The highest BCUT2D eigenvalue weighted by Crippen LogP contribution is 2.37. The zero-order chi connectivity index (χ0) is 25.1. The van der Waals surface area contributed by atoms with Gasteiger partial charge in [0.15, 0.2) is 0 Å². The smallest absolute Gasteiger partial charge is 0.138 e. The van der Waals surface area contributed by atoms with E-state index >= 15 is 0 Å². The van der Waals surface area contributed by atoms with Crippen molar-refractivity contribution >= 4 is 44.0 Å². The molecule has 5 nitrogen and oxygen atoms in total. The molecule has 5 heterocycles. The lowest BCUT2D eigenvalue weighted by Gasteiger charge is -2.10. The fourth-order valence-corrected chi connectivity index (χ4v) is 5.55. The normalized spacial score (nSPS) is 11.7. The van der Waals surface area contributed by atoms with Gasteiger partial charge in [0.1, 0.15) is 16.9 Å². The van der Waals surface area contributed by atoms with Gasteiger partial charge in [-0.3, -0.25) is 9.55 Å². The van der Waals surface area contributed by atoms with E-state index in [9.17, 15) is 0 Å².